The molecule has 3 amide bonds. The molecular formula is C30H29ClN4O4. The second-order valence-electron chi connectivity index (χ2n) is 9.53. The molecule has 9 heteroatoms. The van der Waals surface area contributed by atoms with E-state index in [4.69, 9.17) is 16.3 Å². The molecule has 200 valence electrons. The smallest absolute Gasteiger partial charge is 0.410 e. The number of pyridine rings is 1. The lowest BCUT2D eigenvalue weighted by Crippen LogP contribution is -2.50. The van der Waals surface area contributed by atoms with E-state index in [2.05, 4.69) is 15.6 Å². The maximum atomic E-state index is 13.4. The molecule has 39 heavy (non-hydrogen) atoms. The van der Waals surface area contributed by atoms with E-state index in [0.717, 1.165) is 11.1 Å². The molecule has 3 aromatic carbocycles. The van der Waals surface area contributed by atoms with Crippen LogP contribution in [0, 0.1) is 0 Å². The van der Waals surface area contributed by atoms with Crippen LogP contribution in [0.5, 0.6) is 0 Å². The normalized spacial score (nSPS) is 14.5. The number of rotatable bonds is 6. The van der Waals surface area contributed by atoms with Gasteiger partial charge in [0.2, 0.25) is 0 Å². The number of carbonyl (C=O) groups excluding carboxylic acids is 2. The van der Waals surface area contributed by atoms with Crippen LogP contribution in [0.3, 0.4) is 0 Å². The van der Waals surface area contributed by atoms with Crippen molar-refractivity contribution >= 4 is 34.6 Å². The number of benzene rings is 3. The van der Waals surface area contributed by atoms with Gasteiger partial charge in [-0.05, 0) is 42.2 Å². The first-order valence-electron chi connectivity index (χ1n) is 12.9. The molecule has 3 N–H and O–H groups in total. The number of halogens is 1. The number of carbonyl (C=O) groups is 2. The first-order chi connectivity index (χ1) is 19.0. The highest BCUT2D eigenvalue weighted by Crippen LogP contribution is 2.22. The van der Waals surface area contributed by atoms with Crippen LogP contribution in [-0.2, 0) is 11.3 Å². The van der Waals surface area contributed by atoms with Gasteiger partial charge in [-0.1, -0.05) is 72.3 Å². The van der Waals surface area contributed by atoms with Gasteiger partial charge in [-0.2, -0.15) is 0 Å². The number of nitrogens with zero attached hydrogens (tertiary/aromatic N) is 1. The minimum absolute atomic E-state index is 0.114. The number of fused-ring (bicyclic) bond motifs is 1. The number of likely N-dealkylation sites (tertiary alicyclic amines) is 1. The summed E-state index contributed by atoms with van der Waals surface area (Å²) < 4.78 is 5.43. The number of hydrogen-bond acceptors (Lipinski definition) is 4. The van der Waals surface area contributed by atoms with E-state index in [1.54, 1.807) is 29.3 Å². The second kappa shape index (κ2) is 12.0. The summed E-state index contributed by atoms with van der Waals surface area (Å²) in [5.74, 6) is 0. The maximum absolute atomic E-state index is 13.4. The van der Waals surface area contributed by atoms with E-state index < -0.39 is 6.04 Å². The van der Waals surface area contributed by atoms with Gasteiger partial charge in [-0.3, -0.25) is 4.79 Å². The summed E-state index contributed by atoms with van der Waals surface area (Å²) >= 11 is 6.08. The number of urea groups is 1. The predicted molar refractivity (Wildman–Crippen MR) is 151 cm³/mol. The Labute approximate surface area is 230 Å². The van der Waals surface area contributed by atoms with Gasteiger partial charge in [0.25, 0.3) is 0 Å². The van der Waals surface area contributed by atoms with Gasteiger partial charge in [0.1, 0.15) is 6.61 Å². The highest BCUT2D eigenvalue weighted by Gasteiger charge is 2.27. The molecule has 2 heterocycles. The molecule has 1 unspecified atom stereocenters. The predicted octanol–water partition coefficient (Wildman–Crippen LogP) is 5.37. The number of hydrogen-bond donors (Lipinski definition) is 3. The summed E-state index contributed by atoms with van der Waals surface area (Å²) in [6, 6.07) is 22.8. The molecule has 1 aromatic heterocycles. The number of aromatic nitrogens is 1. The van der Waals surface area contributed by atoms with Crippen LogP contribution < -0.4 is 16.1 Å². The Morgan fingerprint density at radius 3 is 2.41 bits per heavy atom. The fraction of sp³-hybridized carbons (Fsp3) is 0.233. The van der Waals surface area contributed by atoms with Gasteiger partial charge in [-0.25, -0.2) is 9.59 Å². The van der Waals surface area contributed by atoms with Crippen molar-refractivity contribution in [2.75, 3.05) is 13.1 Å². The van der Waals surface area contributed by atoms with E-state index in [1.165, 1.54) is 0 Å². The Morgan fingerprint density at radius 2 is 1.69 bits per heavy atom. The van der Waals surface area contributed by atoms with Crippen molar-refractivity contribution in [3.63, 3.8) is 0 Å². The van der Waals surface area contributed by atoms with Crippen molar-refractivity contribution in [2.24, 2.45) is 0 Å². The average molecular weight is 545 g/mol. The summed E-state index contributed by atoms with van der Waals surface area (Å²) in [7, 11) is 0. The minimum Gasteiger partial charge on any atom is -0.445 e. The van der Waals surface area contributed by atoms with E-state index >= 15 is 0 Å². The Kier molecular flexibility index (Phi) is 8.13. The highest BCUT2D eigenvalue weighted by molar-refractivity contribution is 6.31. The molecule has 1 saturated heterocycles. The Morgan fingerprint density at radius 1 is 1.00 bits per heavy atom. The number of nitrogens with one attached hydrogen (secondary N) is 3. The van der Waals surface area contributed by atoms with Crippen molar-refractivity contribution in [1.82, 2.24) is 20.5 Å². The third-order valence-electron chi connectivity index (χ3n) is 6.88. The Hall–Kier alpha value is -4.30. The molecule has 0 spiro atoms. The van der Waals surface area contributed by atoms with Crippen LogP contribution >= 0.6 is 11.6 Å². The van der Waals surface area contributed by atoms with Crippen LogP contribution in [0.1, 0.15) is 35.6 Å². The molecule has 4 aromatic rings. The first kappa shape index (κ1) is 26.3. The first-order valence-corrected chi connectivity index (χ1v) is 13.2. The molecule has 0 radical (unpaired) electrons. The van der Waals surface area contributed by atoms with Crippen molar-refractivity contribution < 1.29 is 14.3 Å². The van der Waals surface area contributed by atoms with Crippen LogP contribution in [0.15, 0.2) is 89.9 Å². The third-order valence-corrected chi connectivity index (χ3v) is 7.12. The summed E-state index contributed by atoms with van der Waals surface area (Å²) in [4.78, 5) is 43.8. The van der Waals surface area contributed by atoms with Crippen molar-refractivity contribution in [3.8, 4) is 0 Å². The Bertz CT molecular complexity index is 1500. The highest BCUT2D eigenvalue weighted by atomic mass is 35.5. The number of H-pyrrole nitrogens is 1. The van der Waals surface area contributed by atoms with Crippen molar-refractivity contribution in [2.45, 2.75) is 31.5 Å². The number of piperidine rings is 1. The zero-order valence-corrected chi connectivity index (χ0v) is 22.0. The molecule has 1 aliphatic rings. The lowest BCUT2D eigenvalue weighted by Gasteiger charge is -2.32. The fourth-order valence-electron chi connectivity index (χ4n) is 4.79. The molecule has 1 aliphatic heterocycles. The van der Waals surface area contributed by atoms with E-state index in [1.807, 2.05) is 60.7 Å². The maximum Gasteiger partial charge on any atom is 0.410 e. The van der Waals surface area contributed by atoms with Gasteiger partial charge in [0.15, 0.2) is 5.43 Å². The van der Waals surface area contributed by atoms with Gasteiger partial charge >= 0.3 is 12.1 Å². The van der Waals surface area contributed by atoms with Crippen LogP contribution in [0.2, 0.25) is 5.02 Å². The summed E-state index contributed by atoms with van der Waals surface area (Å²) in [5, 5.41) is 7.02. The van der Waals surface area contributed by atoms with Crippen LogP contribution in [0.25, 0.3) is 10.9 Å². The SMILES string of the molecule is O=C(NC1CCN(C(=O)OCc2ccccc2)CC1)NC(c1ccccc1)c1c[nH]c2cc(Cl)ccc2c1=O. The molecule has 0 bridgehead atoms. The summed E-state index contributed by atoms with van der Waals surface area (Å²) in [6.07, 6.45) is 2.46. The zero-order valence-electron chi connectivity index (χ0n) is 21.2. The molecule has 1 atom stereocenters. The lowest BCUT2D eigenvalue weighted by atomic mass is 9.98. The monoisotopic (exact) mass is 544 g/mol. The molecule has 1 fully saturated rings. The minimum atomic E-state index is -0.664. The molecular weight excluding hydrogens is 516 g/mol. The molecule has 0 aliphatic carbocycles. The molecule has 5 rings (SSSR count). The van der Waals surface area contributed by atoms with Gasteiger partial charge < -0.3 is 25.3 Å². The van der Waals surface area contributed by atoms with E-state index in [-0.39, 0.29) is 30.2 Å². The second-order valence-corrected chi connectivity index (χ2v) is 9.96. The number of ether oxygens (including phenoxy) is 1. The largest absolute Gasteiger partial charge is 0.445 e. The standard InChI is InChI=1S/C30H29ClN4O4/c31-22-11-12-24-26(17-22)32-18-25(28(24)36)27(21-9-5-2-6-10-21)34-29(37)33-23-13-15-35(16-14-23)30(38)39-19-20-7-3-1-4-8-20/h1-12,17-18,23,27H,13-16,19H2,(H,32,36)(H2,33,34,37). The quantitative estimate of drug-likeness (QED) is 0.303. The Balaban J connectivity index is 1.22. The summed E-state index contributed by atoms with van der Waals surface area (Å²) in [5.41, 5.74) is 2.57. The van der Waals surface area contributed by atoms with Crippen LogP contribution in [0.4, 0.5) is 9.59 Å². The van der Waals surface area contributed by atoms with Gasteiger partial charge in [-0.15, -0.1) is 0 Å². The average Bonchev–Trinajstić information content (AvgIpc) is 2.96. The third kappa shape index (κ3) is 6.41. The zero-order chi connectivity index (χ0) is 27.2. The number of aromatic amines is 1. The van der Waals surface area contributed by atoms with E-state index in [9.17, 15) is 14.4 Å². The molecule has 8 nitrogen and oxygen atoms in total. The molecule has 0 saturated carbocycles. The topological polar surface area (TPSA) is 104 Å². The fourth-order valence-corrected chi connectivity index (χ4v) is 4.96. The lowest BCUT2D eigenvalue weighted by molar-refractivity contribution is 0.0858. The van der Waals surface area contributed by atoms with Gasteiger partial charge in [0.05, 0.1) is 11.6 Å². The van der Waals surface area contributed by atoms with Gasteiger partial charge in [0, 0.05) is 41.3 Å². The van der Waals surface area contributed by atoms with Crippen LogP contribution in [-0.4, -0.2) is 41.1 Å². The number of amides is 3. The van der Waals surface area contributed by atoms with E-state index in [0.29, 0.717) is 47.4 Å². The summed E-state index contributed by atoms with van der Waals surface area (Å²) in [6.45, 7) is 1.18. The van der Waals surface area contributed by atoms with Crippen molar-refractivity contribution in [1.29, 1.82) is 0 Å². The van der Waals surface area contributed by atoms with Crippen molar-refractivity contribution in [3.05, 3.63) is 117 Å².